The molecule has 0 spiro atoms. The second-order valence-corrected chi connectivity index (χ2v) is 10.9. The van der Waals surface area contributed by atoms with Crippen LogP contribution in [-0.4, -0.2) is 59.2 Å². The molecule has 0 aromatic heterocycles. The number of ether oxygens (including phenoxy) is 3. The molecule has 0 radical (unpaired) electrons. The van der Waals surface area contributed by atoms with Crippen molar-refractivity contribution in [2.75, 3.05) is 19.5 Å². The van der Waals surface area contributed by atoms with Crippen molar-refractivity contribution >= 4 is 35.5 Å². The first-order chi connectivity index (χ1) is 20.8. The average Bonchev–Trinajstić information content (AvgIpc) is 3.05. The Balaban J connectivity index is 1.46. The Morgan fingerprint density at radius 1 is 0.953 bits per heavy atom. The summed E-state index contributed by atoms with van der Waals surface area (Å²) in [6.45, 7) is 0.982. The molecule has 222 valence electrons. The highest BCUT2D eigenvalue weighted by molar-refractivity contribution is 8.00. The summed E-state index contributed by atoms with van der Waals surface area (Å²) >= 11 is 1.18. The Morgan fingerprint density at radius 3 is 2.00 bits per heavy atom. The smallest absolute Gasteiger partial charge is 0.356 e. The maximum Gasteiger partial charge on any atom is 0.356 e. The number of fused-ring (bicyclic) bond motifs is 1. The highest BCUT2D eigenvalue weighted by Gasteiger charge is 2.67. The molecule has 43 heavy (non-hydrogen) atoms. The summed E-state index contributed by atoms with van der Waals surface area (Å²) < 4.78 is 31.9. The van der Waals surface area contributed by atoms with Gasteiger partial charge >= 0.3 is 11.9 Å². The molecule has 9 nitrogen and oxygen atoms in total. The number of benzene rings is 3. The van der Waals surface area contributed by atoms with Crippen molar-refractivity contribution in [3.63, 3.8) is 0 Å². The Hall–Kier alpha value is -4.48. The monoisotopic (exact) mass is 604 g/mol. The van der Waals surface area contributed by atoms with E-state index in [0.29, 0.717) is 16.7 Å². The Bertz CT molecular complexity index is 1500. The van der Waals surface area contributed by atoms with Gasteiger partial charge in [-0.25, -0.2) is 9.18 Å². The maximum absolute atomic E-state index is 15.1. The molecule has 5 rings (SSSR count). The van der Waals surface area contributed by atoms with E-state index in [1.54, 1.807) is 18.2 Å². The highest BCUT2D eigenvalue weighted by Crippen LogP contribution is 2.47. The lowest BCUT2D eigenvalue weighted by Crippen LogP contribution is -2.81. The van der Waals surface area contributed by atoms with Crippen LogP contribution in [0.1, 0.15) is 35.9 Å². The third-order valence-electron chi connectivity index (χ3n) is 7.14. The Kier molecular flexibility index (Phi) is 8.93. The molecule has 2 amide bonds. The predicted octanol–water partition coefficient (Wildman–Crippen LogP) is 4.22. The summed E-state index contributed by atoms with van der Waals surface area (Å²) in [7, 11) is 1.22. The first-order valence-corrected chi connectivity index (χ1v) is 14.5. The number of carbonyl (C=O) groups excluding carboxylic acids is 4. The van der Waals surface area contributed by atoms with Crippen molar-refractivity contribution in [2.45, 2.75) is 30.3 Å². The van der Waals surface area contributed by atoms with E-state index in [0.717, 1.165) is 4.90 Å². The number of alkyl halides is 1. The maximum atomic E-state index is 15.1. The van der Waals surface area contributed by atoms with Crippen molar-refractivity contribution in [1.29, 1.82) is 0 Å². The minimum atomic E-state index is -2.05. The quantitative estimate of drug-likeness (QED) is 0.208. The molecule has 1 N–H and O–H groups in total. The van der Waals surface area contributed by atoms with Crippen LogP contribution in [0.5, 0.6) is 0 Å². The van der Waals surface area contributed by atoms with Crippen LogP contribution in [0.25, 0.3) is 0 Å². The lowest BCUT2D eigenvalue weighted by molar-refractivity contribution is -0.194. The number of halogens is 1. The minimum absolute atomic E-state index is 0.117. The summed E-state index contributed by atoms with van der Waals surface area (Å²) in [5, 5.41) is 1.51. The second-order valence-electron chi connectivity index (χ2n) is 9.88. The van der Waals surface area contributed by atoms with E-state index in [2.05, 4.69) is 5.32 Å². The summed E-state index contributed by atoms with van der Waals surface area (Å²) in [5.41, 5.74) is -0.181. The molecule has 0 aliphatic carbocycles. The van der Waals surface area contributed by atoms with Gasteiger partial charge in [0.15, 0.2) is 6.10 Å². The number of nitrogens with zero attached hydrogens (tertiary/aromatic N) is 1. The van der Waals surface area contributed by atoms with Gasteiger partial charge in [-0.1, -0.05) is 91.0 Å². The number of hydrogen-bond acceptors (Lipinski definition) is 8. The van der Waals surface area contributed by atoms with Crippen molar-refractivity contribution in [3.8, 4) is 0 Å². The van der Waals surface area contributed by atoms with Crippen LogP contribution in [0.15, 0.2) is 102 Å². The third kappa shape index (κ3) is 5.91. The number of amides is 2. The largest absolute Gasteiger partial charge is 0.461 e. The third-order valence-corrected chi connectivity index (χ3v) is 8.51. The molecule has 0 bridgehead atoms. The van der Waals surface area contributed by atoms with Crippen LogP contribution in [0.4, 0.5) is 4.39 Å². The zero-order valence-electron chi connectivity index (χ0n) is 23.4. The fourth-order valence-corrected chi connectivity index (χ4v) is 6.42. The van der Waals surface area contributed by atoms with Crippen LogP contribution in [-0.2, 0) is 33.4 Å². The van der Waals surface area contributed by atoms with E-state index in [-0.39, 0.29) is 23.6 Å². The minimum Gasteiger partial charge on any atom is -0.461 e. The van der Waals surface area contributed by atoms with Gasteiger partial charge in [0.1, 0.15) is 17.7 Å². The number of methoxy groups -OCH3 is 1. The van der Waals surface area contributed by atoms with E-state index >= 15 is 4.39 Å². The molecule has 1 saturated heterocycles. The number of rotatable bonds is 10. The van der Waals surface area contributed by atoms with Crippen LogP contribution >= 0.6 is 11.8 Å². The number of hydrogen-bond donors (Lipinski definition) is 1. The van der Waals surface area contributed by atoms with E-state index in [1.807, 2.05) is 60.7 Å². The van der Waals surface area contributed by atoms with Crippen LogP contribution in [0, 0.1) is 0 Å². The Morgan fingerprint density at radius 2 is 1.49 bits per heavy atom. The van der Waals surface area contributed by atoms with Crippen molar-refractivity contribution in [3.05, 3.63) is 119 Å². The number of esters is 2. The average molecular weight is 605 g/mol. The molecule has 3 aromatic rings. The lowest BCUT2D eigenvalue weighted by atomic mass is 9.97. The molecule has 3 atom stereocenters. The number of carbonyl (C=O) groups is 4. The second kappa shape index (κ2) is 12.8. The topological polar surface area (TPSA) is 111 Å². The van der Waals surface area contributed by atoms with Crippen LogP contribution in [0.3, 0.4) is 0 Å². The van der Waals surface area contributed by atoms with Gasteiger partial charge < -0.3 is 19.5 Å². The van der Waals surface area contributed by atoms with Crippen LogP contribution < -0.4 is 5.32 Å². The van der Waals surface area contributed by atoms with Crippen LogP contribution in [0.2, 0.25) is 0 Å². The molecular weight excluding hydrogens is 575 g/mol. The molecule has 2 heterocycles. The summed E-state index contributed by atoms with van der Waals surface area (Å²) in [6, 6.07) is 26.0. The van der Waals surface area contributed by atoms with Gasteiger partial charge in [0.25, 0.3) is 17.5 Å². The first kappa shape index (κ1) is 30.0. The Labute approximate surface area is 252 Å². The molecule has 0 saturated carbocycles. The molecule has 11 heteroatoms. The number of thioether (sulfide) groups is 1. The van der Waals surface area contributed by atoms with E-state index in [4.69, 9.17) is 14.2 Å². The lowest BCUT2D eigenvalue weighted by Gasteiger charge is -2.56. The fourth-order valence-electron chi connectivity index (χ4n) is 5.00. The summed E-state index contributed by atoms with van der Waals surface area (Å²) in [5.74, 6) is -3.10. The molecule has 1 unspecified atom stereocenters. The van der Waals surface area contributed by atoms with Gasteiger partial charge in [0.05, 0.1) is 0 Å². The van der Waals surface area contributed by atoms with Crippen molar-refractivity contribution in [1.82, 2.24) is 10.2 Å². The van der Waals surface area contributed by atoms with Crippen molar-refractivity contribution < 1.29 is 37.8 Å². The highest BCUT2D eigenvalue weighted by atomic mass is 32.2. The van der Waals surface area contributed by atoms with Gasteiger partial charge in [-0.3, -0.25) is 19.3 Å². The zero-order chi connectivity index (χ0) is 30.6. The fraction of sp³-hybridized carbons (Fsp3) is 0.250. The zero-order valence-corrected chi connectivity index (χ0v) is 24.2. The molecule has 1 fully saturated rings. The molecule has 3 aromatic carbocycles. The number of β-lactam (4-membered cyclic amide) rings is 1. The van der Waals surface area contributed by atoms with Crippen molar-refractivity contribution in [2.24, 2.45) is 0 Å². The van der Waals surface area contributed by atoms with Gasteiger partial charge in [-0.2, -0.15) is 0 Å². The number of nitrogens with one attached hydrogen (secondary N) is 1. The normalized spacial score (nSPS) is 20.1. The molecule has 2 aliphatic rings. The van der Waals surface area contributed by atoms with E-state index in [9.17, 15) is 19.2 Å². The van der Waals surface area contributed by atoms with Gasteiger partial charge in [0, 0.05) is 25.4 Å². The van der Waals surface area contributed by atoms with E-state index < -0.39 is 47.1 Å². The van der Waals surface area contributed by atoms with Gasteiger partial charge in [-0.05, 0) is 16.7 Å². The first-order valence-electron chi connectivity index (χ1n) is 13.4. The SMILES string of the molecule is CO[C@]1(NC(=O)C(F)c2ccccc2)C(=O)N2C(C(=O)OC(c3ccccc3)c3ccccc3)=C(COC(C)=O)CS[C@@H]21. The summed E-state index contributed by atoms with van der Waals surface area (Å²) in [4.78, 5) is 53.4. The van der Waals surface area contributed by atoms with E-state index in [1.165, 1.54) is 37.9 Å². The predicted molar refractivity (Wildman–Crippen MR) is 156 cm³/mol. The summed E-state index contributed by atoms with van der Waals surface area (Å²) in [6.07, 6.45) is -2.87. The molecule has 2 aliphatic heterocycles. The standard InChI is InChI=1S/C32H29FN2O7S/c1-20(36)41-18-24-19-43-31-32(40-2,34-28(37)25(33)21-12-6-3-7-13-21)30(39)35(31)26(24)29(38)42-27(22-14-8-4-9-15-22)23-16-10-5-11-17-23/h3-17,25,27,31H,18-19H2,1-2H3,(H,34,37)/t25?,31-,32-/m1/s1. The molecular formula is C32H29FN2O7S. The van der Waals surface area contributed by atoms with Gasteiger partial charge in [-0.15, -0.1) is 11.8 Å². The van der Waals surface area contributed by atoms with Gasteiger partial charge in [0.2, 0.25) is 6.17 Å².